The van der Waals surface area contributed by atoms with Crippen LogP contribution in [0.2, 0.25) is 0 Å². The highest BCUT2D eigenvalue weighted by Gasteiger charge is 2.13. The zero-order valence-corrected chi connectivity index (χ0v) is 13.7. The van der Waals surface area contributed by atoms with Crippen molar-refractivity contribution in [1.82, 2.24) is 9.78 Å². The summed E-state index contributed by atoms with van der Waals surface area (Å²) in [5.74, 6) is -0.791. The van der Waals surface area contributed by atoms with Crippen LogP contribution in [0.4, 0.5) is 0 Å². The molecule has 0 saturated carbocycles. The number of esters is 1. The molecule has 2 heterocycles. The van der Waals surface area contributed by atoms with E-state index < -0.39 is 5.97 Å². The van der Waals surface area contributed by atoms with Crippen molar-refractivity contribution in [3.05, 3.63) is 75.7 Å². The molecule has 0 spiro atoms. The highest BCUT2D eigenvalue weighted by Crippen LogP contribution is 2.13. The predicted octanol–water partition coefficient (Wildman–Crippen LogP) is 3.59. The second kappa shape index (κ2) is 7.06. The van der Waals surface area contributed by atoms with E-state index in [1.807, 2.05) is 29.7 Å². The monoisotopic (exact) mass is 338 g/mol. The Kier molecular flexibility index (Phi) is 4.67. The minimum atomic E-state index is -0.482. The molecule has 3 rings (SSSR count). The Balaban J connectivity index is 1.80. The summed E-state index contributed by atoms with van der Waals surface area (Å²) < 4.78 is 5.92. The number of nitrogens with zero attached hydrogens (tertiary/aromatic N) is 2. The fourth-order valence-electron chi connectivity index (χ4n) is 2.12. The summed E-state index contributed by atoms with van der Waals surface area (Å²) in [6.45, 7) is 0. The normalized spacial score (nSPS) is 10.9. The van der Waals surface area contributed by atoms with Gasteiger partial charge in [0.2, 0.25) is 0 Å². The van der Waals surface area contributed by atoms with E-state index in [2.05, 4.69) is 9.84 Å². The van der Waals surface area contributed by atoms with Gasteiger partial charge in [0, 0.05) is 16.6 Å². The van der Waals surface area contributed by atoms with Crippen LogP contribution >= 0.6 is 11.3 Å². The van der Waals surface area contributed by atoms with Crippen molar-refractivity contribution in [1.29, 1.82) is 0 Å². The van der Waals surface area contributed by atoms with E-state index >= 15 is 0 Å². The van der Waals surface area contributed by atoms with Crippen LogP contribution in [0.25, 0.3) is 12.2 Å². The van der Waals surface area contributed by atoms with E-state index in [9.17, 15) is 9.59 Å². The van der Waals surface area contributed by atoms with Crippen LogP contribution in [0.3, 0.4) is 0 Å². The van der Waals surface area contributed by atoms with Crippen molar-refractivity contribution in [2.24, 2.45) is 0 Å². The molecule has 5 nitrogen and oxygen atoms in total. The summed E-state index contributed by atoms with van der Waals surface area (Å²) in [6.07, 6.45) is 5.39. The Labute approximate surface area is 142 Å². The molecule has 0 saturated heterocycles. The minimum Gasteiger partial charge on any atom is -0.465 e. The molecular formula is C18H14N2O3S. The first kappa shape index (κ1) is 15.9. The van der Waals surface area contributed by atoms with Crippen molar-refractivity contribution in [2.45, 2.75) is 0 Å². The molecule has 6 heteroatoms. The molecule has 0 atom stereocenters. The molecule has 3 aromatic rings. The van der Waals surface area contributed by atoms with Crippen LogP contribution in [0.15, 0.2) is 54.0 Å². The number of carbonyl (C=O) groups excluding carboxylic acids is 2. The second-order valence-electron chi connectivity index (χ2n) is 4.91. The topological polar surface area (TPSA) is 61.2 Å². The van der Waals surface area contributed by atoms with Gasteiger partial charge in [0.05, 0.1) is 18.4 Å². The average molecular weight is 338 g/mol. The van der Waals surface area contributed by atoms with Crippen LogP contribution in [0.1, 0.15) is 31.3 Å². The molecule has 0 aliphatic heterocycles. The molecular weight excluding hydrogens is 324 g/mol. The lowest BCUT2D eigenvalue weighted by Crippen LogP contribution is -2.13. The summed E-state index contributed by atoms with van der Waals surface area (Å²) in [4.78, 5) is 25.2. The van der Waals surface area contributed by atoms with E-state index in [4.69, 9.17) is 0 Å². The number of aromatic nitrogens is 2. The number of carbonyl (C=O) groups is 2. The van der Waals surface area contributed by atoms with Crippen LogP contribution in [0.5, 0.6) is 0 Å². The van der Waals surface area contributed by atoms with Gasteiger partial charge in [-0.2, -0.15) is 5.10 Å². The standard InChI is InChI=1S/C18H14N2O3S/c1-23-18(22)14-5-2-4-13(12-14)17(21)20-10-9-15(19-20)7-8-16-6-3-11-24-16/h2-12H,1H3. The maximum absolute atomic E-state index is 12.5. The largest absolute Gasteiger partial charge is 0.465 e. The highest BCUT2D eigenvalue weighted by molar-refractivity contribution is 7.10. The van der Waals surface area contributed by atoms with Gasteiger partial charge in [0.15, 0.2) is 0 Å². The van der Waals surface area contributed by atoms with Gasteiger partial charge in [-0.15, -0.1) is 11.3 Å². The molecule has 0 aliphatic carbocycles. The van der Waals surface area contributed by atoms with Gasteiger partial charge in [-0.3, -0.25) is 4.79 Å². The molecule has 120 valence electrons. The van der Waals surface area contributed by atoms with E-state index in [1.165, 1.54) is 17.9 Å². The molecule has 0 amide bonds. The molecule has 24 heavy (non-hydrogen) atoms. The number of hydrogen-bond acceptors (Lipinski definition) is 5. The van der Waals surface area contributed by atoms with Gasteiger partial charge >= 0.3 is 5.97 Å². The summed E-state index contributed by atoms with van der Waals surface area (Å²) >= 11 is 1.63. The fourth-order valence-corrected chi connectivity index (χ4v) is 2.74. The Morgan fingerprint density at radius 2 is 1.96 bits per heavy atom. The van der Waals surface area contributed by atoms with Crippen molar-refractivity contribution < 1.29 is 14.3 Å². The van der Waals surface area contributed by atoms with Crippen molar-refractivity contribution in [3.8, 4) is 0 Å². The van der Waals surface area contributed by atoms with E-state index in [1.54, 1.807) is 41.8 Å². The molecule has 0 bridgehead atoms. The van der Waals surface area contributed by atoms with Crippen LogP contribution in [0, 0.1) is 0 Å². The molecule has 0 fully saturated rings. The molecule has 0 N–H and O–H groups in total. The quantitative estimate of drug-likeness (QED) is 0.682. The Hall–Kier alpha value is -2.99. The maximum Gasteiger partial charge on any atom is 0.337 e. The second-order valence-corrected chi connectivity index (χ2v) is 5.89. The van der Waals surface area contributed by atoms with E-state index in [-0.39, 0.29) is 5.91 Å². The summed E-state index contributed by atoms with van der Waals surface area (Å²) in [5.41, 5.74) is 1.38. The number of benzene rings is 1. The number of rotatable bonds is 4. The first-order valence-corrected chi connectivity index (χ1v) is 8.05. The summed E-state index contributed by atoms with van der Waals surface area (Å²) in [5, 5.41) is 6.25. The number of ether oxygens (including phenoxy) is 1. The fraction of sp³-hybridized carbons (Fsp3) is 0.0556. The van der Waals surface area contributed by atoms with Gasteiger partial charge in [-0.25, -0.2) is 9.48 Å². The third-order valence-electron chi connectivity index (χ3n) is 3.31. The Morgan fingerprint density at radius 3 is 2.71 bits per heavy atom. The smallest absolute Gasteiger partial charge is 0.337 e. The third-order valence-corrected chi connectivity index (χ3v) is 4.15. The first-order valence-electron chi connectivity index (χ1n) is 7.18. The Morgan fingerprint density at radius 1 is 1.12 bits per heavy atom. The summed E-state index contributed by atoms with van der Waals surface area (Å²) in [7, 11) is 1.30. The van der Waals surface area contributed by atoms with Crippen LogP contribution in [-0.2, 0) is 4.74 Å². The zero-order valence-electron chi connectivity index (χ0n) is 12.9. The SMILES string of the molecule is COC(=O)c1cccc(C(=O)n2ccc(C=Cc3cccs3)n2)c1. The molecule has 0 aliphatic rings. The van der Waals surface area contributed by atoms with Crippen molar-refractivity contribution >= 4 is 35.4 Å². The molecule has 1 aromatic carbocycles. The lowest BCUT2D eigenvalue weighted by atomic mass is 10.1. The summed E-state index contributed by atoms with van der Waals surface area (Å²) in [6, 6.07) is 12.1. The zero-order chi connectivity index (χ0) is 16.9. The van der Waals surface area contributed by atoms with E-state index in [0.29, 0.717) is 16.8 Å². The van der Waals surface area contributed by atoms with Gasteiger partial charge in [-0.05, 0) is 47.9 Å². The molecule has 0 unspecified atom stereocenters. The van der Waals surface area contributed by atoms with Crippen molar-refractivity contribution in [2.75, 3.05) is 7.11 Å². The lowest BCUT2D eigenvalue weighted by molar-refractivity contribution is 0.0600. The maximum atomic E-state index is 12.5. The average Bonchev–Trinajstić information content (AvgIpc) is 3.30. The van der Waals surface area contributed by atoms with Crippen LogP contribution < -0.4 is 0 Å². The number of hydrogen-bond donors (Lipinski definition) is 0. The Bertz CT molecular complexity index is 895. The van der Waals surface area contributed by atoms with Gasteiger partial charge in [0.1, 0.15) is 0 Å². The van der Waals surface area contributed by atoms with E-state index in [0.717, 1.165) is 4.88 Å². The predicted molar refractivity (Wildman–Crippen MR) is 93.0 cm³/mol. The van der Waals surface area contributed by atoms with Gasteiger partial charge < -0.3 is 4.74 Å². The third kappa shape index (κ3) is 3.49. The highest BCUT2D eigenvalue weighted by atomic mass is 32.1. The van der Waals surface area contributed by atoms with Crippen LogP contribution in [-0.4, -0.2) is 28.8 Å². The first-order chi connectivity index (χ1) is 11.7. The molecule has 0 radical (unpaired) electrons. The lowest BCUT2D eigenvalue weighted by Gasteiger charge is -2.03. The molecule has 2 aromatic heterocycles. The minimum absolute atomic E-state index is 0.309. The number of methoxy groups -OCH3 is 1. The van der Waals surface area contributed by atoms with Gasteiger partial charge in [-0.1, -0.05) is 12.1 Å². The van der Waals surface area contributed by atoms with Crippen molar-refractivity contribution in [3.63, 3.8) is 0 Å². The number of thiophene rings is 1. The van der Waals surface area contributed by atoms with Gasteiger partial charge in [0.25, 0.3) is 5.91 Å².